The predicted octanol–water partition coefficient (Wildman–Crippen LogP) is 3.85. The van der Waals surface area contributed by atoms with Crippen LogP contribution >= 0.6 is 11.8 Å². The minimum absolute atomic E-state index is 0.343. The molecule has 1 aliphatic heterocycles. The Labute approximate surface area is 106 Å². The Hall–Kier alpha value is -1.45. The summed E-state index contributed by atoms with van der Waals surface area (Å²) < 4.78 is -0.343. The van der Waals surface area contributed by atoms with Crippen molar-refractivity contribution < 1.29 is 0 Å². The van der Waals surface area contributed by atoms with Gasteiger partial charge in [0, 0.05) is 6.08 Å². The molecular weight excluding hydrogens is 228 g/mol. The van der Waals surface area contributed by atoms with E-state index < -0.39 is 0 Å². The average Bonchev–Trinajstić information content (AvgIpc) is 2.60. The first kappa shape index (κ1) is 12.0. The molecule has 0 aromatic heterocycles. The highest BCUT2D eigenvalue weighted by atomic mass is 32.2. The first-order valence-corrected chi connectivity index (χ1v) is 6.55. The van der Waals surface area contributed by atoms with Crippen molar-refractivity contribution in [1.82, 2.24) is 0 Å². The van der Waals surface area contributed by atoms with Crippen molar-refractivity contribution >= 4 is 11.8 Å². The van der Waals surface area contributed by atoms with Crippen molar-refractivity contribution in [2.75, 3.05) is 0 Å². The van der Waals surface area contributed by atoms with Crippen molar-refractivity contribution in [3.63, 3.8) is 0 Å². The molecule has 2 aliphatic rings. The van der Waals surface area contributed by atoms with Crippen LogP contribution in [0.3, 0.4) is 0 Å². The number of hydrogen-bond acceptors (Lipinski definition) is 3. The molecule has 17 heavy (non-hydrogen) atoms. The molecule has 0 saturated carbocycles. The Morgan fingerprint density at radius 3 is 2.94 bits per heavy atom. The van der Waals surface area contributed by atoms with Gasteiger partial charge in [0.05, 0.1) is 22.5 Å². The van der Waals surface area contributed by atoms with E-state index in [1.807, 2.05) is 6.07 Å². The lowest BCUT2D eigenvalue weighted by molar-refractivity contribution is 0.762. The summed E-state index contributed by atoms with van der Waals surface area (Å²) in [5.41, 5.74) is 3.21. The summed E-state index contributed by atoms with van der Waals surface area (Å²) in [6.07, 6.45) is 7.00. The molecule has 0 saturated heterocycles. The Morgan fingerprint density at radius 1 is 1.53 bits per heavy atom. The summed E-state index contributed by atoms with van der Waals surface area (Å²) in [6.45, 7) is 4.17. The third kappa shape index (κ3) is 1.81. The van der Waals surface area contributed by atoms with E-state index in [2.05, 4.69) is 26.0 Å². The van der Waals surface area contributed by atoms with E-state index >= 15 is 0 Å². The van der Waals surface area contributed by atoms with Gasteiger partial charge in [0.2, 0.25) is 0 Å². The van der Waals surface area contributed by atoms with E-state index in [0.717, 1.165) is 12.8 Å². The van der Waals surface area contributed by atoms with E-state index in [-0.39, 0.29) is 4.75 Å². The lowest BCUT2D eigenvalue weighted by Gasteiger charge is -2.27. The Morgan fingerprint density at radius 2 is 2.29 bits per heavy atom. The summed E-state index contributed by atoms with van der Waals surface area (Å²) in [4.78, 5) is 1.30. The van der Waals surface area contributed by atoms with Gasteiger partial charge in [-0.25, -0.2) is 0 Å². The number of hydrogen-bond donors (Lipinski definition) is 0. The molecular formula is C14H14N2S. The fraction of sp³-hybridized carbons (Fsp3) is 0.429. The maximum absolute atomic E-state index is 9.23. The van der Waals surface area contributed by atoms with Gasteiger partial charge < -0.3 is 0 Å². The quantitative estimate of drug-likeness (QED) is 0.656. The Balaban J connectivity index is 2.50. The largest absolute Gasteiger partial charge is 0.193 e. The third-order valence-corrected chi connectivity index (χ3v) is 4.84. The summed E-state index contributed by atoms with van der Waals surface area (Å²) in [5, 5.41) is 18.0. The normalized spacial score (nSPS) is 28.2. The minimum Gasteiger partial charge on any atom is -0.193 e. The smallest absolute Gasteiger partial charge is 0.0973 e. The highest BCUT2D eigenvalue weighted by Gasteiger charge is 2.42. The van der Waals surface area contributed by atoms with Crippen LogP contribution in [0.1, 0.15) is 33.1 Å². The average molecular weight is 242 g/mol. The fourth-order valence-corrected chi connectivity index (χ4v) is 4.07. The van der Waals surface area contributed by atoms with Crippen LogP contribution in [0.4, 0.5) is 0 Å². The van der Waals surface area contributed by atoms with Gasteiger partial charge in [0.15, 0.2) is 0 Å². The molecule has 2 nitrogen and oxygen atoms in total. The van der Waals surface area contributed by atoms with Gasteiger partial charge in [-0.05, 0) is 49.2 Å². The molecule has 1 atom stereocenters. The molecule has 0 radical (unpaired) electrons. The third-order valence-electron chi connectivity index (χ3n) is 3.44. The van der Waals surface area contributed by atoms with Gasteiger partial charge in [-0.3, -0.25) is 0 Å². The standard InChI is InChI=1S/C14H14N2S/c1-10-12-5-3-4-6-13(12)14(2,17-10)11(9-16)7-8-15/h6-7H,3-5H2,1-2H3/b11-7+. The molecule has 3 heteroatoms. The molecule has 2 rings (SSSR count). The van der Waals surface area contributed by atoms with Crippen LogP contribution < -0.4 is 0 Å². The second-order valence-electron chi connectivity index (χ2n) is 4.48. The van der Waals surface area contributed by atoms with Gasteiger partial charge in [-0.1, -0.05) is 6.08 Å². The number of allylic oxidation sites excluding steroid dienone is 4. The Bertz CT molecular complexity index is 525. The molecule has 1 aliphatic carbocycles. The lowest BCUT2D eigenvalue weighted by atomic mass is 9.82. The first-order chi connectivity index (χ1) is 8.13. The van der Waals surface area contributed by atoms with Crippen LogP contribution in [0.25, 0.3) is 0 Å². The van der Waals surface area contributed by atoms with Gasteiger partial charge in [0.25, 0.3) is 0 Å². The minimum atomic E-state index is -0.343. The van der Waals surface area contributed by atoms with Gasteiger partial charge in [0.1, 0.15) is 0 Å². The van der Waals surface area contributed by atoms with Crippen molar-refractivity contribution in [2.24, 2.45) is 0 Å². The Kier molecular flexibility index (Phi) is 3.13. The lowest BCUT2D eigenvalue weighted by Crippen LogP contribution is -2.23. The molecule has 0 fully saturated rings. The van der Waals surface area contributed by atoms with Crippen molar-refractivity contribution in [2.45, 2.75) is 37.9 Å². The van der Waals surface area contributed by atoms with Crippen molar-refractivity contribution in [3.05, 3.63) is 33.8 Å². The number of rotatable bonds is 1. The SMILES string of the molecule is CC1=C2CCCC=C2C(C)(/C(C#N)=C/C#N)S1. The highest BCUT2D eigenvalue weighted by Crippen LogP contribution is 2.55. The van der Waals surface area contributed by atoms with Crippen LogP contribution in [-0.4, -0.2) is 4.75 Å². The molecule has 1 heterocycles. The molecule has 0 amide bonds. The monoisotopic (exact) mass is 242 g/mol. The van der Waals surface area contributed by atoms with Crippen LogP contribution in [0.5, 0.6) is 0 Å². The van der Waals surface area contributed by atoms with E-state index in [1.165, 1.54) is 28.5 Å². The second-order valence-corrected chi connectivity index (χ2v) is 6.11. The summed E-state index contributed by atoms with van der Waals surface area (Å²) >= 11 is 1.72. The maximum Gasteiger partial charge on any atom is 0.0973 e. The van der Waals surface area contributed by atoms with Gasteiger partial charge in [-0.15, -0.1) is 11.8 Å². The van der Waals surface area contributed by atoms with Crippen LogP contribution in [0.2, 0.25) is 0 Å². The van der Waals surface area contributed by atoms with E-state index in [0.29, 0.717) is 5.57 Å². The maximum atomic E-state index is 9.23. The zero-order valence-corrected chi connectivity index (χ0v) is 10.9. The van der Waals surface area contributed by atoms with Gasteiger partial charge >= 0.3 is 0 Å². The predicted molar refractivity (Wildman–Crippen MR) is 69.9 cm³/mol. The number of fused-ring (bicyclic) bond motifs is 1. The summed E-state index contributed by atoms with van der Waals surface area (Å²) in [6, 6.07) is 4.18. The van der Waals surface area contributed by atoms with E-state index in [4.69, 9.17) is 5.26 Å². The van der Waals surface area contributed by atoms with E-state index in [9.17, 15) is 5.26 Å². The van der Waals surface area contributed by atoms with Crippen LogP contribution in [0, 0.1) is 22.7 Å². The molecule has 1 unspecified atom stereocenters. The molecule has 86 valence electrons. The topological polar surface area (TPSA) is 47.6 Å². The van der Waals surface area contributed by atoms with Crippen LogP contribution in [0.15, 0.2) is 33.8 Å². The first-order valence-electron chi connectivity index (χ1n) is 5.73. The molecule has 0 N–H and O–H groups in total. The van der Waals surface area contributed by atoms with Gasteiger partial charge in [-0.2, -0.15) is 10.5 Å². The van der Waals surface area contributed by atoms with Crippen molar-refractivity contribution in [1.29, 1.82) is 10.5 Å². The van der Waals surface area contributed by atoms with E-state index in [1.54, 1.807) is 11.8 Å². The highest BCUT2D eigenvalue weighted by molar-refractivity contribution is 8.05. The molecule has 0 aromatic carbocycles. The summed E-state index contributed by atoms with van der Waals surface area (Å²) in [5.74, 6) is 0. The zero-order chi connectivity index (χ0) is 12.5. The summed E-state index contributed by atoms with van der Waals surface area (Å²) in [7, 11) is 0. The number of thioether (sulfide) groups is 1. The fourth-order valence-electron chi connectivity index (χ4n) is 2.60. The second kappa shape index (κ2) is 4.43. The number of nitriles is 2. The van der Waals surface area contributed by atoms with Crippen molar-refractivity contribution in [3.8, 4) is 12.1 Å². The zero-order valence-electron chi connectivity index (χ0n) is 10.1. The molecule has 0 spiro atoms. The molecule has 0 aromatic rings. The number of nitrogens with zero attached hydrogens (tertiary/aromatic N) is 2. The van der Waals surface area contributed by atoms with Crippen LogP contribution in [-0.2, 0) is 0 Å². The molecule has 0 bridgehead atoms.